The number of amides is 3. The summed E-state index contributed by atoms with van der Waals surface area (Å²) in [6.45, 7) is 5.30. The van der Waals surface area contributed by atoms with E-state index in [1.807, 2.05) is 44.4 Å². The molecule has 4 unspecified atom stereocenters. The Bertz CT molecular complexity index is 1060. The molecule has 0 aliphatic rings. The highest BCUT2D eigenvalue weighted by Crippen LogP contribution is 2.19. The second-order valence-corrected chi connectivity index (χ2v) is 10.3. The zero-order valence-corrected chi connectivity index (χ0v) is 22.0. The number of nitrogens with two attached hydrogens (primary N) is 1. The number of H-pyrrole nitrogens is 1. The van der Waals surface area contributed by atoms with Crippen molar-refractivity contribution < 1.29 is 24.3 Å². The fraction of sp³-hybridized carbons (Fsp3) is 0.520. The van der Waals surface area contributed by atoms with Crippen molar-refractivity contribution in [1.82, 2.24) is 20.9 Å². The molecule has 0 aliphatic carbocycles. The van der Waals surface area contributed by atoms with E-state index in [0.717, 1.165) is 22.2 Å². The van der Waals surface area contributed by atoms with Crippen molar-refractivity contribution in [3.8, 4) is 0 Å². The normalized spacial score (nSPS) is 14.6. The quantitative estimate of drug-likeness (QED) is 0.219. The molecule has 0 fully saturated rings. The van der Waals surface area contributed by atoms with Gasteiger partial charge in [-0.15, -0.1) is 0 Å². The zero-order valence-electron chi connectivity index (χ0n) is 21.2. The van der Waals surface area contributed by atoms with Gasteiger partial charge in [-0.25, -0.2) is 4.79 Å². The van der Waals surface area contributed by atoms with Crippen LogP contribution in [-0.2, 0) is 25.6 Å². The van der Waals surface area contributed by atoms with E-state index in [9.17, 15) is 24.3 Å². The first-order chi connectivity index (χ1) is 17.0. The lowest BCUT2D eigenvalue weighted by Crippen LogP contribution is -2.56. The average molecular weight is 520 g/mol. The standard InChI is InChI=1S/C25H37N5O5S/c1-14(2)11-20(29-23(32)18(26)9-10-36-4)24(33)28-15(3)22(31)30-21(25(34)35)12-16-13-27-19-8-6-5-7-17(16)19/h5-8,13-15,18,20-21,27H,9-12,26H2,1-4H3,(H,28,33)(H,29,32)(H,30,31)(H,34,35). The highest BCUT2D eigenvalue weighted by Gasteiger charge is 2.29. The Kier molecular flexibility index (Phi) is 11.3. The molecule has 11 heteroatoms. The van der Waals surface area contributed by atoms with Gasteiger partial charge < -0.3 is 31.8 Å². The number of aromatic nitrogens is 1. The summed E-state index contributed by atoms with van der Waals surface area (Å²) in [6.07, 6.45) is 4.56. The third-order valence-corrected chi connectivity index (χ3v) is 6.42. The van der Waals surface area contributed by atoms with Gasteiger partial charge >= 0.3 is 5.97 Å². The molecule has 198 valence electrons. The lowest BCUT2D eigenvalue weighted by molar-refractivity contribution is -0.142. The molecule has 7 N–H and O–H groups in total. The SMILES string of the molecule is CSCCC(N)C(=O)NC(CC(C)C)C(=O)NC(C)C(=O)NC(Cc1c[nH]c2ccccc12)C(=O)O. The van der Waals surface area contributed by atoms with Gasteiger partial charge in [-0.2, -0.15) is 11.8 Å². The summed E-state index contributed by atoms with van der Waals surface area (Å²) in [5, 5.41) is 18.4. The molecule has 4 atom stereocenters. The molecule has 0 radical (unpaired) electrons. The Hall–Kier alpha value is -3.05. The van der Waals surface area contributed by atoms with E-state index in [4.69, 9.17) is 5.73 Å². The number of nitrogens with one attached hydrogen (secondary N) is 4. The largest absolute Gasteiger partial charge is 0.480 e. The number of rotatable bonds is 14. The number of fused-ring (bicyclic) bond motifs is 1. The summed E-state index contributed by atoms with van der Waals surface area (Å²) < 4.78 is 0. The Morgan fingerprint density at radius 3 is 2.31 bits per heavy atom. The van der Waals surface area contributed by atoms with Gasteiger partial charge in [0.05, 0.1) is 6.04 Å². The fourth-order valence-corrected chi connectivity index (χ4v) is 4.24. The average Bonchev–Trinajstić information content (AvgIpc) is 3.23. The molecule has 36 heavy (non-hydrogen) atoms. The van der Waals surface area contributed by atoms with Crippen LogP contribution in [0.5, 0.6) is 0 Å². The minimum Gasteiger partial charge on any atom is -0.480 e. The highest BCUT2D eigenvalue weighted by atomic mass is 32.2. The van der Waals surface area contributed by atoms with Gasteiger partial charge in [0.15, 0.2) is 0 Å². The molecular weight excluding hydrogens is 482 g/mol. The van der Waals surface area contributed by atoms with Crippen LogP contribution in [0.15, 0.2) is 30.5 Å². The fourth-order valence-electron chi connectivity index (χ4n) is 3.75. The lowest BCUT2D eigenvalue weighted by atomic mass is 10.0. The van der Waals surface area contributed by atoms with Crippen LogP contribution in [0.4, 0.5) is 0 Å². The van der Waals surface area contributed by atoms with Crippen LogP contribution in [0, 0.1) is 5.92 Å². The number of carbonyl (C=O) groups excluding carboxylic acids is 3. The van der Waals surface area contributed by atoms with Crippen LogP contribution in [0.2, 0.25) is 0 Å². The third kappa shape index (κ3) is 8.56. The molecule has 1 aromatic heterocycles. The van der Waals surface area contributed by atoms with Crippen LogP contribution < -0.4 is 21.7 Å². The van der Waals surface area contributed by atoms with Crippen LogP contribution in [0.3, 0.4) is 0 Å². The maximum Gasteiger partial charge on any atom is 0.326 e. The monoisotopic (exact) mass is 519 g/mol. The molecule has 2 aromatic rings. The summed E-state index contributed by atoms with van der Waals surface area (Å²) in [7, 11) is 0. The van der Waals surface area contributed by atoms with Crippen LogP contribution in [0.1, 0.15) is 39.2 Å². The number of benzene rings is 1. The third-order valence-electron chi connectivity index (χ3n) is 5.78. The number of aliphatic carboxylic acids is 1. The Morgan fingerprint density at radius 2 is 1.67 bits per heavy atom. The summed E-state index contributed by atoms with van der Waals surface area (Å²) in [5.74, 6) is -1.96. The maximum atomic E-state index is 12.9. The topological polar surface area (TPSA) is 166 Å². The first kappa shape index (κ1) is 29.2. The van der Waals surface area contributed by atoms with Gasteiger partial charge in [0.2, 0.25) is 17.7 Å². The van der Waals surface area contributed by atoms with Gasteiger partial charge in [0.1, 0.15) is 18.1 Å². The van der Waals surface area contributed by atoms with E-state index >= 15 is 0 Å². The number of carbonyl (C=O) groups is 4. The second kappa shape index (κ2) is 13.9. The summed E-state index contributed by atoms with van der Waals surface area (Å²) >= 11 is 1.58. The maximum absolute atomic E-state index is 12.9. The molecular formula is C25H37N5O5S. The molecule has 0 aliphatic heterocycles. The molecule has 1 aromatic carbocycles. The van der Waals surface area contributed by atoms with Crippen LogP contribution >= 0.6 is 11.8 Å². The first-order valence-electron chi connectivity index (χ1n) is 12.0. The van der Waals surface area contributed by atoms with Gasteiger partial charge in [0.25, 0.3) is 0 Å². The molecule has 0 spiro atoms. The first-order valence-corrected chi connectivity index (χ1v) is 13.4. The molecule has 1 heterocycles. The summed E-state index contributed by atoms with van der Waals surface area (Å²) in [6, 6.07) is 3.68. The van der Waals surface area contributed by atoms with Crippen molar-refractivity contribution in [3.05, 3.63) is 36.0 Å². The van der Waals surface area contributed by atoms with E-state index in [1.54, 1.807) is 18.0 Å². The van der Waals surface area contributed by atoms with E-state index < -0.39 is 47.9 Å². The van der Waals surface area contributed by atoms with E-state index in [2.05, 4.69) is 20.9 Å². The van der Waals surface area contributed by atoms with E-state index in [1.165, 1.54) is 6.92 Å². The van der Waals surface area contributed by atoms with Gasteiger partial charge in [-0.1, -0.05) is 32.0 Å². The van der Waals surface area contributed by atoms with E-state index in [-0.39, 0.29) is 12.3 Å². The predicted octanol–water partition coefficient (Wildman–Crippen LogP) is 1.40. The predicted molar refractivity (Wildman–Crippen MR) is 142 cm³/mol. The smallest absolute Gasteiger partial charge is 0.326 e. The lowest BCUT2D eigenvalue weighted by Gasteiger charge is -2.24. The van der Waals surface area contributed by atoms with Gasteiger partial charge in [0, 0.05) is 23.5 Å². The number of aromatic amines is 1. The number of carboxylic acid groups (broad SMARTS) is 1. The van der Waals surface area contributed by atoms with Gasteiger partial charge in [-0.3, -0.25) is 14.4 Å². The number of para-hydroxylation sites is 1. The highest BCUT2D eigenvalue weighted by molar-refractivity contribution is 7.98. The minimum absolute atomic E-state index is 0.0751. The molecule has 0 saturated carbocycles. The Labute approximate surface area is 215 Å². The van der Waals surface area contributed by atoms with Crippen molar-refractivity contribution >= 4 is 46.4 Å². The molecule has 0 saturated heterocycles. The summed E-state index contributed by atoms with van der Waals surface area (Å²) in [4.78, 5) is 53.1. The second-order valence-electron chi connectivity index (χ2n) is 9.27. The zero-order chi connectivity index (χ0) is 26.8. The summed E-state index contributed by atoms with van der Waals surface area (Å²) in [5.41, 5.74) is 7.55. The molecule has 0 bridgehead atoms. The molecule has 10 nitrogen and oxygen atoms in total. The van der Waals surface area contributed by atoms with Crippen LogP contribution in [0.25, 0.3) is 10.9 Å². The van der Waals surface area contributed by atoms with Crippen LogP contribution in [-0.4, -0.2) is 70.0 Å². The number of thioether (sulfide) groups is 1. The Morgan fingerprint density at radius 1 is 1.00 bits per heavy atom. The van der Waals surface area contributed by atoms with Crippen molar-refractivity contribution in [2.45, 2.75) is 64.2 Å². The Balaban J connectivity index is 2.02. The molecule has 2 rings (SSSR count). The van der Waals surface area contributed by atoms with E-state index in [0.29, 0.717) is 12.8 Å². The molecule has 3 amide bonds. The minimum atomic E-state index is -1.18. The van der Waals surface area contributed by atoms with Gasteiger partial charge in [-0.05, 0) is 49.3 Å². The van der Waals surface area contributed by atoms with Crippen molar-refractivity contribution in [3.63, 3.8) is 0 Å². The number of carboxylic acids is 1. The van der Waals surface area contributed by atoms with Crippen molar-refractivity contribution in [1.29, 1.82) is 0 Å². The van der Waals surface area contributed by atoms with Crippen molar-refractivity contribution in [2.24, 2.45) is 11.7 Å². The number of hydrogen-bond acceptors (Lipinski definition) is 6. The van der Waals surface area contributed by atoms with Crippen molar-refractivity contribution in [2.75, 3.05) is 12.0 Å². The number of hydrogen-bond donors (Lipinski definition) is 6.